The third-order valence-corrected chi connectivity index (χ3v) is 5.18. The molecule has 28 heavy (non-hydrogen) atoms. The van der Waals surface area contributed by atoms with Crippen molar-refractivity contribution in [3.05, 3.63) is 75.9 Å². The van der Waals surface area contributed by atoms with Crippen LogP contribution in [-0.4, -0.2) is 27.8 Å². The molecule has 0 aliphatic carbocycles. The van der Waals surface area contributed by atoms with Crippen LogP contribution >= 0.6 is 11.8 Å². The molecular weight excluding hydrogens is 374 g/mol. The van der Waals surface area contributed by atoms with E-state index in [9.17, 15) is 15.0 Å². The zero-order valence-electron chi connectivity index (χ0n) is 15.7. The molecule has 3 rings (SSSR count). The predicted octanol–water partition coefficient (Wildman–Crippen LogP) is 5.15. The number of benzene rings is 2. The van der Waals surface area contributed by atoms with Gasteiger partial charge in [-0.1, -0.05) is 49.0 Å². The van der Waals surface area contributed by atoms with Gasteiger partial charge < -0.3 is 14.9 Å². The Kier molecular flexibility index (Phi) is 6.21. The van der Waals surface area contributed by atoms with E-state index in [1.807, 2.05) is 31.2 Å². The second-order valence-electron chi connectivity index (χ2n) is 6.05. The van der Waals surface area contributed by atoms with Crippen LogP contribution in [0.5, 0.6) is 5.75 Å². The standard InChI is InChI=1S/C22H21NO4S/c1-3-15-7-5-6-8-17(15)23-21-19(22(26)27-4-2)20(25)18(28-21)13-14-9-11-16(24)12-10-14/h5-13,24-25H,3-4H2,1-2H3/b18-13+,23-21?. The highest BCUT2D eigenvalue weighted by atomic mass is 32.2. The highest BCUT2D eigenvalue weighted by molar-refractivity contribution is 8.18. The number of rotatable bonds is 5. The molecular formula is C22H21NO4S. The lowest BCUT2D eigenvalue weighted by Gasteiger charge is -2.06. The minimum Gasteiger partial charge on any atom is -0.508 e. The average molecular weight is 395 g/mol. The molecule has 5 nitrogen and oxygen atoms in total. The van der Waals surface area contributed by atoms with Gasteiger partial charge in [-0.05, 0) is 48.7 Å². The second kappa shape index (κ2) is 8.80. The third kappa shape index (κ3) is 4.28. The molecule has 0 atom stereocenters. The van der Waals surface area contributed by atoms with E-state index in [4.69, 9.17) is 4.74 Å². The molecule has 1 aliphatic heterocycles. The summed E-state index contributed by atoms with van der Waals surface area (Å²) >= 11 is 1.22. The Bertz CT molecular complexity index is 974. The Morgan fingerprint density at radius 3 is 2.50 bits per heavy atom. The molecule has 0 unspecified atom stereocenters. The minimum absolute atomic E-state index is 0.0720. The number of carbonyl (C=O) groups is 1. The maximum atomic E-state index is 12.5. The number of phenols is 1. The number of esters is 1. The molecule has 0 saturated carbocycles. The largest absolute Gasteiger partial charge is 0.508 e. The molecule has 2 N–H and O–H groups in total. The number of hydrogen-bond acceptors (Lipinski definition) is 6. The maximum Gasteiger partial charge on any atom is 0.344 e. The molecule has 0 spiro atoms. The minimum atomic E-state index is -0.602. The van der Waals surface area contributed by atoms with Gasteiger partial charge in [0, 0.05) is 0 Å². The topological polar surface area (TPSA) is 79.1 Å². The summed E-state index contributed by atoms with van der Waals surface area (Å²) in [7, 11) is 0. The Morgan fingerprint density at radius 1 is 1.11 bits per heavy atom. The van der Waals surface area contributed by atoms with Crippen molar-refractivity contribution < 1.29 is 19.7 Å². The summed E-state index contributed by atoms with van der Waals surface area (Å²) in [5.74, 6) is -0.592. The number of aryl methyl sites for hydroxylation is 1. The van der Waals surface area contributed by atoms with Gasteiger partial charge in [-0.15, -0.1) is 0 Å². The van der Waals surface area contributed by atoms with E-state index in [2.05, 4.69) is 4.99 Å². The van der Waals surface area contributed by atoms with Crippen LogP contribution in [0.4, 0.5) is 5.69 Å². The highest BCUT2D eigenvalue weighted by Crippen LogP contribution is 2.40. The number of aliphatic hydroxyl groups excluding tert-OH is 1. The fraction of sp³-hybridized carbons (Fsp3) is 0.182. The summed E-state index contributed by atoms with van der Waals surface area (Å²) in [4.78, 5) is 17.6. The normalized spacial score (nSPS) is 16.8. The summed E-state index contributed by atoms with van der Waals surface area (Å²) in [5.41, 5.74) is 2.66. The molecule has 0 saturated heterocycles. The van der Waals surface area contributed by atoms with Gasteiger partial charge in [0.25, 0.3) is 0 Å². The molecule has 0 aromatic heterocycles. The number of thioether (sulfide) groups is 1. The lowest BCUT2D eigenvalue weighted by Crippen LogP contribution is -2.13. The van der Waals surface area contributed by atoms with Gasteiger partial charge in [0.05, 0.1) is 17.2 Å². The fourth-order valence-electron chi connectivity index (χ4n) is 2.74. The van der Waals surface area contributed by atoms with Crippen molar-refractivity contribution in [1.29, 1.82) is 0 Å². The Labute approximate surface area is 168 Å². The van der Waals surface area contributed by atoms with Crippen LogP contribution < -0.4 is 0 Å². The number of aliphatic imine (C=N–C) groups is 1. The smallest absolute Gasteiger partial charge is 0.344 e. The second-order valence-corrected chi connectivity index (χ2v) is 7.08. The van der Waals surface area contributed by atoms with Crippen molar-refractivity contribution in [2.45, 2.75) is 20.3 Å². The first-order valence-corrected chi connectivity index (χ1v) is 9.81. The van der Waals surface area contributed by atoms with Gasteiger partial charge in [0.1, 0.15) is 22.1 Å². The Hall–Kier alpha value is -2.99. The predicted molar refractivity (Wildman–Crippen MR) is 113 cm³/mol. The number of phenolic OH excluding ortho intramolecular Hbond substituents is 1. The fourth-order valence-corrected chi connectivity index (χ4v) is 3.77. The van der Waals surface area contributed by atoms with Gasteiger partial charge in [0.2, 0.25) is 0 Å². The quantitative estimate of drug-likeness (QED) is 0.685. The number of hydrogen-bond donors (Lipinski definition) is 2. The Balaban J connectivity index is 2.06. The molecule has 0 bridgehead atoms. The number of para-hydroxylation sites is 1. The zero-order valence-corrected chi connectivity index (χ0v) is 16.5. The van der Waals surface area contributed by atoms with E-state index in [1.165, 1.54) is 11.8 Å². The van der Waals surface area contributed by atoms with Crippen LogP contribution in [0.3, 0.4) is 0 Å². The van der Waals surface area contributed by atoms with Gasteiger partial charge in [-0.25, -0.2) is 9.79 Å². The number of carbonyl (C=O) groups excluding carboxylic acids is 1. The van der Waals surface area contributed by atoms with Gasteiger partial charge in [-0.2, -0.15) is 0 Å². The van der Waals surface area contributed by atoms with Crippen LogP contribution in [0.25, 0.3) is 6.08 Å². The Morgan fingerprint density at radius 2 is 1.82 bits per heavy atom. The SMILES string of the molecule is CCOC(=O)C1=C(O)/C(=C\c2ccc(O)cc2)SC1=Nc1ccccc1CC. The van der Waals surface area contributed by atoms with Crippen molar-refractivity contribution in [2.24, 2.45) is 4.99 Å². The molecule has 6 heteroatoms. The summed E-state index contributed by atoms with van der Waals surface area (Å²) in [6.45, 7) is 3.96. The first-order chi connectivity index (χ1) is 13.5. The first-order valence-electron chi connectivity index (χ1n) is 8.99. The molecule has 144 valence electrons. The molecule has 0 fully saturated rings. The lowest BCUT2D eigenvalue weighted by molar-refractivity contribution is -0.138. The number of aliphatic hydroxyl groups is 1. The third-order valence-electron chi connectivity index (χ3n) is 4.16. The van der Waals surface area contributed by atoms with E-state index < -0.39 is 5.97 Å². The van der Waals surface area contributed by atoms with Crippen molar-refractivity contribution in [1.82, 2.24) is 0 Å². The zero-order chi connectivity index (χ0) is 20.1. The van der Waals surface area contributed by atoms with E-state index in [-0.39, 0.29) is 23.7 Å². The van der Waals surface area contributed by atoms with Crippen molar-refractivity contribution in [3.63, 3.8) is 0 Å². The molecule has 1 heterocycles. The highest BCUT2D eigenvalue weighted by Gasteiger charge is 2.33. The lowest BCUT2D eigenvalue weighted by atomic mass is 10.1. The molecule has 0 amide bonds. The molecule has 2 aromatic rings. The average Bonchev–Trinajstić information content (AvgIpc) is 2.99. The summed E-state index contributed by atoms with van der Waals surface area (Å²) in [6, 6.07) is 14.3. The summed E-state index contributed by atoms with van der Waals surface area (Å²) < 4.78 is 5.12. The van der Waals surface area contributed by atoms with Gasteiger partial charge in [-0.3, -0.25) is 0 Å². The van der Waals surface area contributed by atoms with Crippen LogP contribution in [0.2, 0.25) is 0 Å². The van der Waals surface area contributed by atoms with E-state index in [0.29, 0.717) is 9.95 Å². The summed E-state index contributed by atoms with van der Waals surface area (Å²) in [5, 5.41) is 20.5. The van der Waals surface area contributed by atoms with Gasteiger partial charge >= 0.3 is 5.97 Å². The van der Waals surface area contributed by atoms with E-state index in [0.717, 1.165) is 23.2 Å². The molecule has 1 aliphatic rings. The molecule has 2 aromatic carbocycles. The van der Waals surface area contributed by atoms with Crippen molar-refractivity contribution >= 4 is 34.5 Å². The van der Waals surface area contributed by atoms with Crippen molar-refractivity contribution in [3.8, 4) is 5.75 Å². The van der Waals surface area contributed by atoms with Crippen LogP contribution in [0.15, 0.2) is 69.8 Å². The number of aromatic hydroxyl groups is 1. The summed E-state index contributed by atoms with van der Waals surface area (Å²) in [6.07, 6.45) is 2.55. The van der Waals surface area contributed by atoms with Crippen LogP contribution in [0, 0.1) is 0 Å². The number of nitrogens with zero attached hydrogens (tertiary/aromatic N) is 1. The maximum absolute atomic E-state index is 12.5. The van der Waals surface area contributed by atoms with Gasteiger partial charge in [0.15, 0.2) is 0 Å². The van der Waals surface area contributed by atoms with E-state index >= 15 is 0 Å². The van der Waals surface area contributed by atoms with Crippen molar-refractivity contribution in [2.75, 3.05) is 6.61 Å². The van der Waals surface area contributed by atoms with E-state index in [1.54, 1.807) is 37.3 Å². The molecule has 0 radical (unpaired) electrons. The first kappa shape index (κ1) is 19.8. The van der Waals surface area contributed by atoms with Crippen LogP contribution in [-0.2, 0) is 16.0 Å². The monoisotopic (exact) mass is 395 g/mol. The van der Waals surface area contributed by atoms with Crippen LogP contribution in [0.1, 0.15) is 25.0 Å². The number of ether oxygens (including phenoxy) is 1.